The summed E-state index contributed by atoms with van der Waals surface area (Å²) in [6, 6.07) is 8.20. The van der Waals surface area contributed by atoms with E-state index in [9.17, 15) is 9.59 Å². The molecule has 0 aromatic heterocycles. The van der Waals surface area contributed by atoms with Crippen molar-refractivity contribution in [2.45, 2.75) is 20.0 Å². The molecule has 2 aromatic carbocycles. The lowest BCUT2D eigenvalue weighted by Gasteiger charge is -2.13. The van der Waals surface area contributed by atoms with Crippen molar-refractivity contribution in [3.63, 3.8) is 0 Å². The minimum Gasteiger partial charge on any atom is -0.493 e. The largest absolute Gasteiger partial charge is 0.493 e. The Bertz CT molecular complexity index is 999. The molecular formula is C23H24O8. The van der Waals surface area contributed by atoms with Crippen LogP contribution >= 0.6 is 0 Å². The molecule has 0 bridgehead atoms. The van der Waals surface area contributed by atoms with Crippen molar-refractivity contribution in [3.05, 3.63) is 47.2 Å². The van der Waals surface area contributed by atoms with E-state index in [0.717, 1.165) is 0 Å². The van der Waals surface area contributed by atoms with E-state index in [1.807, 2.05) is 0 Å². The molecule has 0 saturated carbocycles. The van der Waals surface area contributed by atoms with Gasteiger partial charge in [-0.25, -0.2) is 4.79 Å². The third-order valence-electron chi connectivity index (χ3n) is 4.56. The van der Waals surface area contributed by atoms with E-state index in [-0.39, 0.29) is 18.1 Å². The zero-order valence-corrected chi connectivity index (χ0v) is 18.0. The molecule has 0 spiro atoms. The van der Waals surface area contributed by atoms with Crippen LogP contribution in [0, 0.1) is 0 Å². The van der Waals surface area contributed by atoms with Crippen LogP contribution in [0.4, 0.5) is 0 Å². The molecule has 8 nitrogen and oxygen atoms in total. The zero-order valence-electron chi connectivity index (χ0n) is 18.0. The molecule has 1 atom stereocenters. The molecule has 0 saturated heterocycles. The fraction of sp³-hybridized carbons (Fsp3) is 0.304. The Morgan fingerprint density at radius 3 is 2.32 bits per heavy atom. The van der Waals surface area contributed by atoms with Crippen molar-refractivity contribution in [1.29, 1.82) is 0 Å². The summed E-state index contributed by atoms with van der Waals surface area (Å²) in [5.74, 6) is 1.50. The van der Waals surface area contributed by atoms with Crippen molar-refractivity contribution >= 4 is 17.8 Å². The lowest BCUT2D eigenvalue weighted by molar-refractivity contribution is -0.150. The smallest absolute Gasteiger partial charge is 0.347 e. The summed E-state index contributed by atoms with van der Waals surface area (Å²) in [4.78, 5) is 24.5. The first kappa shape index (κ1) is 22.0. The van der Waals surface area contributed by atoms with Gasteiger partial charge in [-0.15, -0.1) is 0 Å². The molecular weight excluding hydrogens is 404 g/mol. The first-order valence-corrected chi connectivity index (χ1v) is 9.63. The maximum Gasteiger partial charge on any atom is 0.347 e. The molecule has 0 radical (unpaired) electrons. The fourth-order valence-electron chi connectivity index (χ4n) is 3.09. The molecule has 1 heterocycles. The van der Waals surface area contributed by atoms with Crippen molar-refractivity contribution in [1.82, 2.24) is 0 Å². The molecule has 0 aliphatic carbocycles. The number of hydrogen-bond donors (Lipinski definition) is 0. The van der Waals surface area contributed by atoms with Crippen LogP contribution in [0.5, 0.6) is 28.7 Å². The number of hydrogen-bond acceptors (Lipinski definition) is 8. The standard InChI is InChI=1S/C23H24O8/c1-6-29-23(25)13(2)30-15-7-8-16-17(12-15)31-18(21(16)24)9-14-10-19(26-3)22(28-5)20(11-14)27-4/h7-13H,6H2,1-5H3/t13-/m0/s1. The van der Waals surface area contributed by atoms with Gasteiger partial charge in [-0.05, 0) is 49.8 Å². The Hall–Kier alpha value is -3.68. The minimum atomic E-state index is -0.788. The van der Waals surface area contributed by atoms with Crippen molar-refractivity contribution in [2.24, 2.45) is 0 Å². The van der Waals surface area contributed by atoms with E-state index in [0.29, 0.717) is 39.9 Å². The second-order valence-corrected chi connectivity index (χ2v) is 6.57. The van der Waals surface area contributed by atoms with Gasteiger partial charge in [0, 0.05) is 6.07 Å². The maximum absolute atomic E-state index is 12.8. The average Bonchev–Trinajstić information content (AvgIpc) is 3.07. The van der Waals surface area contributed by atoms with Crippen LogP contribution < -0.4 is 23.7 Å². The molecule has 0 amide bonds. The van der Waals surface area contributed by atoms with Gasteiger partial charge in [0.25, 0.3) is 0 Å². The first-order valence-electron chi connectivity index (χ1n) is 9.63. The van der Waals surface area contributed by atoms with E-state index in [2.05, 4.69) is 0 Å². The van der Waals surface area contributed by atoms with Gasteiger partial charge < -0.3 is 28.4 Å². The molecule has 0 fully saturated rings. The number of rotatable bonds is 8. The SMILES string of the molecule is CCOC(=O)[C@H](C)Oc1ccc2c(c1)OC(=Cc1cc(OC)c(OC)c(OC)c1)C2=O. The van der Waals surface area contributed by atoms with Crippen molar-refractivity contribution < 1.29 is 38.0 Å². The van der Waals surface area contributed by atoms with Crippen LogP contribution in [-0.2, 0) is 9.53 Å². The number of benzene rings is 2. The normalized spacial score (nSPS) is 14.5. The summed E-state index contributed by atoms with van der Waals surface area (Å²) in [7, 11) is 4.54. The number of Topliss-reactive ketones (excluding diaryl/α,β-unsaturated/α-hetero) is 1. The molecule has 0 unspecified atom stereocenters. The van der Waals surface area contributed by atoms with Gasteiger partial charge in [0.15, 0.2) is 23.4 Å². The Balaban J connectivity index is 1.86. The van der Waals surface area contributed by atoms with Crippen molar-refractivity contribution in [2.75, 3.05) is 27.9 Å². The van der Waals surface area contributed by atoms with Gasteiger partial charge in [-0.2, -0.15) is 0 Å². The Morgan fingerprint density at radius 2 is 1.74 bits per heavy atom. The summed E-state index contributed by atoms with van der Waals surface area (Å²) >= 11 is 0. The van der Waals surface area contributed by atoms with Crippen LogP contribution in [0.15, 0.2) is 36.1 Å². The van der Waals surface area contributed by atoms with Gasteiger partial charge in [-0.1, -0.05) is 0 Å². The highest BCUT2D eigenvalue weighted by Crippen LogP contribution is 2.40. The number of esters is 1. The van der Waals surface area contributed by atoms with Gasteiger partial charge in [-0.3, -0.25) is 4.79 Å². The average molecular weight is 428 g/mol. The topological polar surface area (TPSA) is 89.5 Å². The molecule has 31 heavy (non-hydrogen) atoms. The number of ketones is 1. The summed E-state index contributed by atoms with van der Waals surface area (Å²) in [5, 5.41) is 0. The van der Waals surface area contributed by atoms with E-state index < -0.39 is 12.1 Å². The third kappa shape index (κ3) is 4.58. The number of methoxy groups -OCH3 is 3. The maximum atomic E-state index is 12.8. The molecule has 1 aliphatic heterocycles. The molecule has 1 aliphatic rings. The Labute approximate surface area is 180 Å². The van der Waals surface area contributed by atoms with Crippen LogP contribution in [-0.4, -0.2) is 45.8 Å². The highest BCUT2D eigenvalue weighted by Gasteiger charge is 2.28. The summed E-state index contributed by atoms with van der Waals surface area (Å²) in [5.41, 5.74) is 1.04. The van der Waals surface area contributed by atoms with E-state index >= 15 is 0 Å². The zero-order chi connectivity index (χ0) is 22.5. The highest BCUT2D eigenvalue weighted by atomic mass is 16.6. The lowest BCUT2D eigenvalue weighted by Crippen LogP contribution is -2.26. The van der Waals surface area contributed by atoms with Gasteiger partial charge in [0.05, 0.1) is 33.5 Å². The number of carbonyl (C=O) groups is 2. The van der Waals surface area contributed by atoms with E-state index in [1.54, 1.807) is 50.3 Å². The second-order valence-electron chi connectivity index (χ2n) is 6.57. The van der Waals surface area contributed by atoms with Crippen LogP contribution in [0.25, 0.3) is 6.08 Å². The molecule has 0 N–H and O–H groups in total. The Morgan fingerprint density at radius 1 is 1.06 bits per heavy atom. The summed E-state index contributed by atoms with van der Waals surface area (Å²) in [6.45, 7) is 3.58. The fourth-order valence-corrected chi connectivity index (χ4v) is 3.09. The van der Waals surface area contributed by atoms with E-state index in [1.165, 1.54) is 21.3 Å². The van der Waals surface area contributed by atoms with Gasteiger partial charge >= 0.3 is 5.97 Å². The van der Waals surface area contributed by atoms with Crippen LogP contribution in [0.3, 0.4) is 0 Å². The number of ether oxygens (including phenoxy) is 6. The second kappa shape index (κ2) is 9.42. The number of carbonyl (C=O) groups excluding carboxylic acids is 2. The number of fused-ring (bicyclic) bond motifs is 1. The van der Waals surface area contributed by atoms with Gasteiger partial charge in [0.2, 0.25) is 11.5 Å². The number of allylic oxidation sites excluding steroid dienone is 1. The molecule has 8 heteroatoms. The van der Waals surface area contributed by atoms with Crippen molar-refractivity contribution in [3.8, 4) is 28.7 Å². The molecule has 3 rings (SSSR count). The van der Waals surface area contributed by atoms with Crippen LogP contribution in [0.1, 0.15) is 29.8 Å². The summed E-state index contributed by atoms with van der Waals surface area (Å²) < 4.78 is 32.3. The third-order valence-corrected chi connectivity index (χ3v) is 4.56. The predicted octanol–water partition coefficient (Wildman–Crippen LogP) is 3.66. The minimum absolute atomic E-state index is 0.139. The molecule has 2 aromatic rings. The first-order chi connectivity index (χ1) is 14.9. The van der Waals surface area contributed by atoms with E-state index in [4.69, 9.17) is 28.4 Å². The molecule has 164 valence electrons. The Kier molecular flexibility index (Phi) is 6.69. The quantitative estimate of drug-likeness (QED) is 0.465. The summed E-state index contributed by atoms with van der Waals surface area (Å²) in [6.07, 6.45) is 0.804. The highest BCUT2D eigenvalue weighted by molar-refractivity contribution is 6.14. The van der Waals surface area contributed by atoms with Gasteiger partial charge in [0.1, 0.15) is 11.5 Å². The predicted molar refractivity (Wildman–Crippen MR) is 112 cm³/mol. The lowest BCUT2D eigenvalue weighted by atomic mass is 10.1. The van der Waals surface area contributed by atoms with Crippen LogP contribution in [0.2, 0.25) is 0 Å². The monoisotopic (exact) mass is 428 g/mol.